The van der Waals surface area contributed by atoms with Crippen molar-refractivity contribution < 1.29 is 0 Å². The zero-order valence-electron chi connectivity index (χ0n) is 10.7. The van der Waals surface area contributed by atoms with E-state index in [4.69, 9.17) is 5.73 Å². The molecule has 17 heavy (non-hydrogen) atoms. The number of H-pyrrole nitrogens is 1. The second kappa shape index (κ2) is 4.14. The molecule has 0 aliphatic carbocycles. The summed E-state index contributed by atoms with van der Waals surface area (Å²) in [4.78, 5) is 20.8. The van der Waals surface area contributed by atoms with Gasteiger partial charge in [0.2, 0.25) is 0 Å². The quantitative estimate of drug-likeness (QED) is 0.814. The second-order valence-corrected chi connectivity index (χ2v) is 5.22. The maximum Gasteiger partial charge on any atom is 0.252 e. The summed E-state index contributed by atoms with van der Waals surface area (Å²) in [6.07, 6.45) is 0.948. The molecule has 1 aliphatic rings. The maximum absolute atomic E-state index is 11.5. The summed E-state index contributed by atoms with van der Waals surface area (Å²) in [6.45, 7) is 7.66. The van der Waals surface area contributed by atoms with Crippen molar-refractivity contribution in [1.82, 2.24) is 9.97 Å². The topological polar surface area (TPSA) is 75.0 Å². The Morgan fingerprint density at radius 3 is 2.76 bits per heavy atom. The molecule has 0 bridgehead atoms. The Kier molecular flexibility index (Phi) is 2.95. The fraction of sp³-hybridized carbons (Fsp3) is 0.667. The smallest absolute Gasteiger partial charge is 0.252 e. The summed E-state index contributed by atoms with van der Waals surface area (Å²) in [6, 6.07) is 1.54. The van der Waals surface area contributed by atoms with Crippen LogP contribution in [0.3, 0.4) is 0 Å². The Hall–Kier alpha value is -1.36. The van der Waals surface area contributed by atoms with Gasteiger partial charge in [0.1, 0.15) is 11.6 Å². The SMILES string of the molecule is CCC1(N)CN(c2cc(=O)[nH]c(C(C)C)n2)C1. The Labute approximate surface area is 101 Å². The standard InChI is InChI=1S/C12H20N4O/c1-4-12(13)6-16(7-12)9-5-10(17)15-11(14-9)8(2)3/h5,8H,4,6-7,13H2,1-3H3,(H,14,15,17). The van der Waals surface area contributed by atoms with Crippen molar-refractivity contribution >= 4 is 5.82 Å². The van der Waals surface area contributed by atoms with E-state index < -0.39 is 0 Å². The molecule has 2 rings (SSSR count). The molecule has 0 atom stereocenters. The zero-order chi connectivity index (χ0) is 12.6. The van der Waals surface area contributed by atoms with Gasteiger partial charge in [-0.2, -0.15) is 0 Å². The van der Waals surface area contributed by atoms with Crippen LogP contribution in [0.25, 0.3) is 0 Å². The van der Waals surface area contributed by atoms with E-state index in [0.717, 1.165) is 31.2 Å². The number of aromatic nitrogens is 2. The van der Waals surface area contributed by atoms with Gasteiger partial charge in [-0.25, -0.2) is 4.98 Å². The number of nitrogens with one attached hydrogen (secondary N) is 1. The van der Waals surface area contributed by atoms with Gasteiger partial charge in [-0.3, -0.25) is 4.79 Å². The van der Waals surface area contributed by atoms with Crippen LogP contribution in [0.5, 0.6) is 0 Å². The van der Waals surface area contributed by atoms with Crippen molar-refractivity contribution in [1.29, 1.82) is 0 Å². The minimum absolute atomic E-state index is 0.0929. The summed E-state index contributed by atoms with van der Waals surface area (Å²) in [5.74, 6) is 1.70. The normalized spacial score (nSPS) is 18.3. The minimum atomic E-state index is -0.109. The average molecular weight is 236 g/mol. The third kappa shape index (κ3) is 2.34. The van der Waals surface area contributed by atoms with E-state index >= 15 is 0 Å². The van der Waals surface area contributed by atoms with Crippen LogP contribution in [-0.4, -0.2) is 28.6 Å². The Morgan fingerprint density at radius 2 is 2.24 bits per heavy atom. The Morgan fingerprint density at radius 1 is 1.59 bits per heavy atom. The molecule has 1 fully saturated rings. The molecule has 1 aromatic heterocycles. The number of nitrogens with two attached hydrogens (primary N) is 1. The van der Waals surface area contributed by atoms with Gasteiger partial charge >= 0.3 is 0 Å². The molecule has 0 amide bonds. The van der Waals surface area contributed by atoms with Gasteiger partial charge in [0.25, 0.3) is 5.56 Å². The van der Waals surface area contributed by atoms with Crippen molar-refractivity contribution in [3.05, 3.63) is 22.2 Å². The third-order valence-corrected chi connectivity index (χ3v) is 3.33. The van der Waals surface area contributed by atoms with Crippen molar-refractivity contribution in [2.75, 3.05) is 18.0 Å². The van der Waals surface area contributed by atoms with Crippen molar-refractivity contribution in [2.24, 2.45) is 5.73 Å². The molecule has 0 saturated carbocycles. The third-order valence-electron chi connectivity index (χ3n) is 3.33. The molecule has 3 N–H and O–H groups in total. The molecule has 0 unspecified atom stereocenters. The van der Waals surface area contributed by atoms with E-state index in [-0.39, 0.29) is 17.0 Å². The Balaban J connectivity index is 2.21. The fourth-order valence-electron chi connectivity index (χ4n) is 2.00. The average Bonchev–Trinajstić information content (AvgIpc) is 2.23. The van der Waals surface area contributed by atoms with Gasteiger partial charge in [0, 0.05) is 25.1 Å². The van der Waals surface area contributed by atoms with Gasteiger partial charge in [-0.15, -0.1) is 0 Å². The molecule has 5 heteroatoms. The molecular weight excluding hydrogens is 216 g/mol. The molecule has 0 spiro atoms. The zero-order valence-corrected chi connectivity index (χ0v) is 10.7. The van der Waals surface area contributed by atoms with E-state index in [1.54, 1.807) is 6.07 Å². The number of nitrogens with zero attached hydrogens (tertiary/aromatic N) is 2. The molecule has 94 valence electrons. The molecule has 1 saturated heterocycles. The monoisotopic (exact) mass is 236 g/mol. The largest absolute Gasteiger partial charge is 0.353 e. The molecule has 1 aliphatic heterocycles. The van der Waals surface area contributed by atoms with Crippen LogP contribution in [0.1, 0.15) is 38.9 Å². The summed E-state index contributed by atoms with van der Waals surface area (Å²) >= 11 is 0. The molecular formula is C12H20N4O. The first-order valence-corrected chi connectivity index (χ1v) is 6.08. The predicted octanol–water partition coefficient (Wildman–Crippen LogP) is 0.821. The van der Waals surface area contributed by atoms with Crippen LogP contribution in [0, 0.1) is 0 Å². The van der Waals surface area contributed by atoms with Gasteiger partial charge in [0.15, 0.2) is 0 Å². The lowest BCUT2D eigenvalue weighted by Gasteiger charge is -2.48. The van der Waals surface area contributed by atoms with Gasteiger partial charge < -0.3 is 15.6 Å². The summed E-state index contributed by atoms with van der Waals surface area (Å²) < 4.78 is 0. The molecule has 2 heterocycles. The summed E-state index contributed by atoms with van der Waals surface area (Å²) in [5, 5.41) is 0. The first kappa shape index (κ1) is 12.1. The van der Waals surface area contributed by atoms with Crippen LogP contribution in [-0.2, 0) is 0 Å². The molecule has 1 aromatic rings. The first-order chi connectivity index (χ1) is 7.93. The van der Waals surface area contributed by atoms with Crippen LogP contribution in [0.4, 0.5) is 5.82 Å². The number of aromatic amines is 1. The minimum Gasteiger partial charge on any atom is -0.353 e. The lowest BCUT2D eigenvalue weighted by molar-refractivity contribution is 0.319. The van der Waals surface area contributed by atoms with E-state index in [1.807, 2.05) is 13.8 Å². The molecule has 0 aromatic carbocycles. The number of rotatable bonds is 3. The fourth-order valence-corrected chi connectivity index (χ4v) is 2.00. The van der Waals surface area contributed by atoms with Gasteiger partial charge in [0.05, 0.1) is 5.54 Å². The molecule has 0 radical (unpaired) electrons. The number of hydrogen-bond donors (Lipinski definition) is 2. The molecule has 5 nitrogen and oxygen atoms in total. The van der Waals surface area contributed by atoms with Crippen molar-refractivity contribution in [2.45, 2.75) is 38.6 Å². The van der Waals surface area contributed by atoms with E-state index in [0.29, 0.717) is 0 Å². The van der Waals surface area contributed by atoms with Gasteiger partial charge in [-0.05, 0) is 6.42 Å². The van der Waals surface area contributed by atoms with Gasteiger partial charge in [-0.1, -0.05) is 20.8 Å². The number of anilines is 1. The highest BCUT2D eigenvalue weighted by Gasteiger charge is 2.38. The highest BCUT2D eigenvalue weighted by molar-refractivity contribution is 5.44. The van der Waals surface area contributed by atoms with Crippen molar-refractivity contribution in [3.8, 4) is 0 Å². The maximum atomic E-state index is 11.5. The predicted molar refractivity (Wildman–Crippen MR) is 68.4 cm³/mol. The lowest BCUT2D eigenvalue weighted by Crippen LogP contribution is -2.67. The van der Waals surface area contributed by atoms with Crippen LogP contribution >= 0.6 is 0 Å². The van der Waals surface area contributed by atoms with Crippen LogP contribution in [0.2, 0.25) is 0 Å². The first-order valence-electron chi connectivity index (χ1n) is 6.08. The van der Waals surface area contributed by atoms with E-state index in [2.05, 4.69) is 21.8 Å². The van der Waals surface area contributed by atoms with Crippen LogP contribution in [0.15, 0.2) is 10.9 Å². The summed E-state index contributed by atoms with van der Waals surface area (Å²) in [7, 11) is 0. The lowest BCUT2D eigenvalue weighted by atomic mass is 9.88. The Bertz CT molecular complexity index is 460. The van der Waals surface area contributed by atoms with Crippen LogP contribution < -0.4 is 16.2 Å². The van der Waals surface area contributed by atoms with E-state index in [9.17, 15) is 4.79 Å². The van der Waals surface area contributed by atoms with Crippen molar-refractivity contribution in [3.63, 3.8) is 0 Å². The summed E-state index contributed by atoms with van der Waals surface area (Å²) in [5.41, 5.74) is 5.91. The highest BCUT2D eigenvalue weighted by Crippen LogP contribution is 2.26. The highest BCUT2D eigenvalue weighted by atomic mass is 16.1. The van der Waals surface area contributed by atoms with E-state index in [1.165, 1.54) is 0 Å². The second-order valence-electron chi connectivity index (χ2n) is 5.22. The number of hydrogen-bond acceptors (Lipinski definition) is 4.